The van der Waals surface area contributed by atoms with Crippen molar-refractivity contribution in [1.29, 1.82) is 21.2 Å². The second kappa shape index (κ2) is 8.51. The van der Waals surface area contributed by atoms with Gasteiger partial charge < -0.3 is 23.7 Å². The fraction of sp³-hybridized carbons (Fsp3) is 0.385. The van der Waals surface area contributed by atoms with Crippen LogP contribution < -0.4 is 14.2 Å². The van der Waals surface area contributed by atoms with Gasteiger partial charge in [0.05, 0.1) is 45.0 Å². The van der Waals surface area contributed by atoms with E-state index in [2.05, 4.69) is 18.2 Å². The largest absolute Gasteiger partial charge is 0.496 e. The molecule has 0 amide bonds. The van der Waals surface area contributed by atoms with Crippen molar-refractivity contribution in [2.24, 2.45) is 10.8 Å². The fourth-order valence-electron chi connectivity index (χ4n) is 5.28. The smallest absolute Gasteiger partial charge is 0.219 e. The van der Waals surface area contributed by atoms with E-state index >= 15 is 0 Å². The molecule has 2 aliphatic rings. The van der Waals surface area contributed by atoms with Crippen molar-refractivity contribution in [3.8, 4) is 35.5 Å². The maximum atomic E-state index is 10.6. The monoisotopic (exact) mass is 472 g/mol. The maximum Gasteiger partial charge on any atom is 0.219 e. The van der Waals surface area contributed by atoms with Crippen LogP contribution in [-0.2, 0) is 9.47 Å². The highest BCUT2D eigenvalue weighted by Gasteiger charge is 2.80. The van der Waals surface area contributed by atoms with Gasteiger partial charge in [0.15, 0.2) is 16.9 Å². The summed E-state index contributed by atoms with van der Waals surface area (Å²) >= 11 is 0. The number of fused-ring (bicyclic) bond motifs is 2. The SMILES string of the molecule is CCOc1ccc(C2OC3(C)OC(=N)C(C#N)(C3c3ccccc3OC)C2(C#N)C#N)cc1OC. The molecule has 2 aromatic carbocycles. The van der Waals surface area contributed by atoms with E-state index in [-0.39, 0.29) is 0 Å². The molecule has 2 heterocycles. The quantitative estimate of drug-likeness (QED) is 0.658. The summed E-state index contributed by atoms with van der Waals surface area (Å²) < 4.78 is 28.8. The van der Waals surface area contributed by atoms with Crippen molar-refractivity contribution in [3.05, 3.63) is 53.6 Å². The fourth-order valence-corrected chi connectivity index (χ4v) is 5.28. The van der Waals surface area contributed by atoms with Crippen LogP contribution in [0.5, 0.6) is 17.2 Å². The van der Waals surface area contributed by atoms with E-state index in [1.165, 1.54) is 14.2 Å². The first-order valence-electron chi connectivity index (χ1n) is 11.0. The zero-order valence-corrected chi connectivity index (χ0v) is 19.8. The predicted octanol–water partition coefficient (Wildman–Crippen LogP) is 4.22. The number of nitrogens with one attached hydrogen (secondary N) is 1. The molecular weight excluding hydrogens is 448 g/mol. The lowest BCUT2D eigenvalue weighted by Crippen LogP contribution is -2.57. The highest BCUT2D eigenvalue weighted by atomic mass is 16.7. The van der Waals surface area contributed by atoms with Gasteiger partial charge in [0.1, 0.15) is 11.9 Å². The molecule has 4 atom stereocenters. The average Bonchev–Trinajstić information content (AvgIpc) is 3.06. The minimum atomic E-state index is -2.14. The van der Waals surface area contributed by atoms with Gasteiger partial charge in [-0.15, -0.1) is 0 Å². The number of hydrogen-bond acceptors (Lipinski definition) is 9. The molecule has 0 radical (unpaired) electrons. The first-order chi connectivity index (χ1) is 16.8. The number of para-hydroxylation sites is 1. The summed E-state index contributed by atoms with van der Waals surface area (Å²) in [5.41, 5.74) is -3.22. The molecule has 178 valence electrons. The van der Waals surface area contributed by atoms with Gasteiger partial charge in [-0.3, -0.25) is 5.41 Å². The number of methoxy groups -OCH3 is 2. The normalized spacial score (nSPS) is 28.1. The number of hydrogen-bond donors (Lipinski definition) is 1. The Balaban J connectivity index is 2.00. The molecule has 0 saturated carbocycles. The molecule has 0 spiro atoms. The molecule has 0 aromatic heterocycles. The van der Waals surface area contributed by atoms with Gasteiger partial charge in [-0.25, -0.2) is 0 Å². The third kappa shape index (κ3) is 3.04. The van der Waals surface area contributed by atoms with Crippen LogP contribution in [-0.4, -0.2) is 32.5 Å². The van der Waals surface area contributed by atoms with E-state index in [1.807, 2.05) is 6.92 Å². The van der Waals surface area contributed by atoms with Crippen LogP contribution >= 0.6 is 0 Å². The minimum Gasteiger partial charge on any atom is -0.496 e. The van der Waals surface area contributed by atoms with Gasteiger partial charge in [-0.05, 0) is 30.7 Å². The lowest BCUT2D eigenvalue weighted by molar-refractivity contribution is -0.253. The van der Waals surface area contributed by atoms with Crippen molar-refractivity contribution < 1.29 is 23.7 Å². The number of rotatable bonds is 6. The Morgan fingerprint density at radius 2 is 1.66 bits per heavy atom. The standard InChI is InChI=1S/C26H24N4O5/c1-5-33-19-11-10-16(12-20(19)32-4)22-25(13-27,14-28)26(15-29)21(24(2,34-22)35-23(26)30)17-8-6-7-9-18(17)31-3/h6-12,21-22,30H,5H2,1-4H3. The van der Waals surface area contributed by atoms with Crippen molar-refractivity contribution in [2.45, 2.75) is 31.7 Å². The number of nitrogens with zero attached hydrogens (tertiary/aromatic N) is 3. The molecule has 35 heavy (non-hydrogen) atoms. The molecule has 9 heteroatoms. The molecule has 2 bridgehead atoms. The lowest BCUT2D eigenvalue weighted by Gasteiger charge is -2.49. The molecule has 1 N–H and O–H groups in total. The minimum absolute atomic E-state index is 0.379. The van der Waals surface area contributed by atoms with Crippen LogP contribution in [0.25, 0.3) is 0 Å². The first-order valence-corrected chi connectivity index (χ1v) is 11.0. The van der Waals surface area contributed by atoms with Gasteiger partial charge in [-0.2, -0.15) is 15.8 Å². The molecule has 4 unspecified atom stereocenters. The number of ether oxygens (including phenoxy) is 5. The number of benzene rings is 2. The molecule has 0 aliphatic carbocycles. The highest BCUT2D eigenvalue weighted by molar-refractivity contribution is 5.90. The Kier molecular flexibility index (Phi) is 5.80. The lowest BCUT2D eigenvalue weighted by atomic mass is 9.52. The second-order valence-corrected chi connectivity index (χ2v) is 8.41. The van der Waals surface area contributed by atoms with Crippen LogP contribution in [0, 0.1) is 50.2 Å². The first kappa shape index (κ1) is 23.9. The maximum absolute atomic E-state index is 10.6. The van der Waals surface area contributed by atoms with Crippen LogP contribution in [0.3, 0.4) is 0 Å². The van der Waals surface area contributed by atoms with Crippen molar-refractivity contribution in [1.82, 2.24) is 0 Å². The Labute approximate surface area is 203 Å². The van der Waals surface area contributed by atoms with Crippen molar-refractivity contribution in [3.63, 3.8) is 0 Å². The second-order valence-electron chi connectivity index (χ2n) is 8.41. The zero-order chi connectivity index (χ0) is 25.4. The summed E-state index contributed by atoms with van der Waals surface area (Å²) in [6.45, 7) is 3.86. The number of nitriles is 3. The average molecular weight is 473 g/mol. The Hall–Kier alpha value is -4.26. The molecule has 4 rings (SSSR count). The van der Waals surface area contributed by atoms with Crippen molar-refractivity contribution >= 4 is 5.90 Å². The summed E-state index contributed by atoms with van der Waals surface area (Å²) in [6, 6.07) is 18.1. The molecule has 9 nitrogen and oxygen atoms in total. The Morgan fingerprint density at radius 3 is 2.26 bits per heavy atom. The van der Waals surface area contributed by atoms with E-state index in [9.17, 15) is 15.8 Å². The predicted molar refractivity (Wildman–Crippen MR) is 123 cm³/mol. The van der Waals surface area contributed by atoms with E-state index < -0.39 is 34.5 Å². The summed E-state index contributed by atoms with van der Waals surface area (Å²) in [5, 5.41) is 40.3. The van der Waals surface area contributed by atoms with Crippen LogP contribution in [0.1, 0.15) is 37.0 Å². The van der Waals surface area contributed by atoms with Gasteiger partial charge in [0.25, 0.3) is 0 Å². The molecule has 2 saturated heterocycles. The van der Waals surface area contributed by atoms with Gasteiger partial charge in [0.2, 0.25) is 17.1 Å². The van der Waals surface area contributed by atoms with Crippen LogP contribution in [0.2, 0.25) is 0 Å². The zero-order valence-electron chi connectivity index (χ0n) is 19.8. The Morgan fingerprint density at radius 1 is 0.971 bits per heavy atom. The van der Waals surface area contributed by atoms with E-state index in [0.29, 0.717) is 35.0 Å². The summed E-state index contributed by atoms with van der Waals surface area (Å²) in [6.07, 6.45) is -1.24. The summed E-state index contributed by atoms with van der Waals surface area (Å²) in [7, 11) is 2.96. The van der Waals surface area contributed by atoms with Crippen molar-refractivity contribution in [2.75, 3.05) is 20.8 Å². The van der Waals surface area contributed by atoms with E-state index in [1.54, 1.807) is 49.4 Å². The van der Waals surface area contributed by atoms with Gasteiger partial charge in [0, 0.05) is 12.5 Å². The van der Waals surface area contributed by atoms with Crippen LogP contribution in [0.4, 0.5) is 0 Å². The molecule has 2 aliphatic heterocycles. The third-order valence-electron chi connectivity index (χ3n) is 6.76. The Bertz CT molecular complexity index is 1290. The highest BCUT2D eigenvalue weighted by Crippen LogP contribution is 2.70. The van der Waals surface area contributed by atoms with Gasteiger partial charge >= 0.3 is 0 Å². The van der Waals surface area contributed by atoms with E-state index in [4.69, 9.17) is 29.1 Å². The molecule has 2 aromatic rings. The van der Waals surface area contributed by atoms with Crippen LogP contribution in [0.15, 0.2) is 42.5 Å². The third-order valence-corrected chi connectivity index (χ3v) is 6.76. The van der Waals surface area contributed by atoms with E-state index in [0.717, 1.165) is 0 Å². The molecular formula is C26H24N4O5. The van der Waals surface area contributed by atoms with Gasteiger partial charge in [-0.1, -0.05) is 24.3 Å². The summed E-state index contributed by atoms with van der Waals surface area (Å²) in [4.78, 5) is 0. The summed E-state index contributed by atoms with van der Waals surface area (Å²) in [5.74, 6) is -1.75. The topological polar surface area (TPSA) is 141 Å². The molecule has 2 fully saturated rings.